The number of aliphatic carboxylic acids is 1. The van der Waals surface area contributed by atoms with Crippen molar-refractivity contribution in [3.8, 4) is 0 Å². The highest BCUT2D eigenvalue weighted by atomic mass is 19.4. The van der Waals surface area contributed by atoms with Gasteiger partial charge in [-0.25, -0.2) is 0 Å². The van der Waals surface area contributed by atoms with Crippen molar-refractivity contribution in [3.05, 3.63) is 0 Å². The fraction of sp³-hybridized carbons (Fsp3) is 0.917. The monoisotopic (exact) mass is 283 g/mol. The van der Waals surface area contributed by atoms with Crippen molar-refractivity contribution in [1.82, 2.24) is 4.90 Å². The van der Waals surface area contributed by atoms with Crippen LogP contribution >= 0.6 is 0 Å². The molecular weight excluding hydrogens is 263 g/mol. The summed E-state index contributed by atoms with van der Waals surface area (Å²) in [5.41, 5.74) is 0. The van der Waals surface area contributed by atoms with Gasteiger partial charge in [-0.2, -0.15) is 13.2 Å². The number of carbonyl (C=O) groups is 1. The van der Waals surface area contributed by atoms with Crippen LogP contribution in [0.1, 0.15) is 32.6 Å². The van der Waals surface area contributed by atoms with Crippen LogP contribution in [0.4, 0.5) is 13.2 Å². The van der Waals surface area contributed by atoms with Gasteiger partial charge in [-0.1, -0.05) is 0 Å². The van der Waals surface area contributed by atoms with Crippen LogP contribution in [-0.2, 0) is 9.53 Å². The van der Waals surface area contributed by atoms with E-state index in [4.69, 9.17) is 9.84 Å². The summed E-state index contributed by atoms with van der Waals surface area (Å²) in [6, 6.07) is -0.303. The number of hydrogen-bond donors (Lipinski definition) is 1. The fourth-order valence-corrected chi connectivity index (χ4v) is 2.39. The molecule has 112 valence electrons. The van der Waals surface area contributed by atoms with Crippen LogP contribution in [0.3, 0.4) is 0 Å². The highest BCUT2D eigenvalue weighted by Crippen LogP contribution is 2.24. The van der Waals surface area contributed by atoms with E-state index in [1.807, 2.05) is 11.8 Å². The molecule has 1 aliphatic rings. The van der Waals surface area contributed by atoms with Crippen LogP contribution in [0.15, 0.2) is 0 Å². The molecule has 0 aliphatic carbocycles. The molecule has 2 atom stereocenters. The van der Waals surface area contributed by atoms with E-state index in [0.717, 1.165) is 0 Å². The minimum atomic E-state index is -4.12. The first-order valence-corrected chi connectivity index (χ1v) is 6.41. The lowest BCUT2D eigenvalue weighted by atomic mass is 10.0. The van der Waals surface area contributed by atoms with Crippen molar-refractivity contribution < 1.29 is 27.8 Å². The largest absolute Gasteiger partial charge is 0.481 e. The van der Waals surface area contributed by atoms with Gasteiger partial charge in [-0.15, -0.1) is 0 Å². The Morgan fingerprint density at radius 2 is 2.21 bits per heavy atom. The molecular formula is C12H20F3NO3. The average molecular weight is 283 g/mol. The van der Waals surface area contributed by atoms with Crippen LogP contribution in [0.25, 0.3) is 0 Å². The number of carboxylic acid groups (broad SMARTS) is 1. The maximum absolute atomic E-state index is 12.1. The standard InChI is InChI=1S/C12H20F3NO3/c1-9(3-2-4-12(13,14)15)16-5-6-19-8-10(16)7-11(17)18/h9-10H,2-8H2,1H3,(H,17,18). The van der Waals surface area contributed by atoms with Gasteiger partial charge in [0.1, 0.15) is 0 Å². The Kier molecular flexibility index (Phi) is 6.06. The SMILES string of the molecule is CC(CCCC(F)(F)F)N1CCOCC1CC(=O)O. The number of alkyl halides is 3. The first kappa shape index (κ1) is 16.2. The predicted octanol–water partition coefficient (Wildman–Crippen LogP) is 2.28. The van der Waals surface area contributed by atoms with Crippen molar-refractivity contribution >= 4 is 5.97 Å². The van der Waals surface area contributed by atoms with Crippen LogP contribution in [-0.4, -0.2) is 54.0 Å². The lowest BCUT2D eigenvalue weighted by Crippen LogP contribution is -2.50. The van der Waals surface area contributed by atoms with Gasteiger partial charge in [-0.3, -0.25) is 9.69 Å². The molecule has 1 saturated heterocycles. The first-order valence-electron chi connectivity index (χ1n) is 6.41. The normalized spacial score (nSPS) is 23.3. The number of hydrogen-bond acceptors (Lipinski definition) is 3. The summed E-state index contributed by atoms with van der Waals surface area (Å²) < 4.78 is 41.5. The Morgan fingerprint density at radius 1 is 1.53 bits per heavy atom. The zero-order valence-electron chi connectivity index (χ0n) is 10.9. The van der Waals surface area contributed by atoms with E-state index < -0.39 is 18.6 Å². The number of carboxylic acids is 1. The number of nitrogens with zero attached hydrogens (tertiary/aromatic N) is 1. The minimum Gasteiger partial charge on any atom is -0.481 e. The van der Waals surface area contributed by atoms with Crippen LogP contribution in [0.2, 0.25) is 0 Å². The zero-order valence-corrected chi connectivity index (χ0v) is 10.9. The summed E-state index contributed by atoms with van der Waals surface area (Å²) in [4.78, 5) is 12.7. The topological polar surface area (TPSA) is 49.8 Å². The molecule has 7 heteroatoms. The third kappa shape index (κ3) is 6.24. The molecule has 0 radical (unpaired) electrons. The lowest BCUT2D eigenvalue weighted by Gasteiger charge is -2.39. The molecule has 1 heterocycles. The van der Waals surface area contributed by atoms with E-state index in [-0.39, 0.29) is 24.9 Å². The highest BCUT2D eigenvalue weighted by molar-refractivity contribution is 5.67. The van der Waals surface area contributed by atoms with Gasteiger partial charge in [0, 0.05) is 25.0 Å². The van der Waals surface area contributed by atoms with Gasteiger partial charge in [-0.05, 0) is 19.8 Å². The van der Waals surface area contributed by atoms with Gasteiger partial charge in [0.2, 0.25) is 0 Å². The Bertz CT molecular complexity index is 296. The second-order valence-corrected chi connectivity index (χ2v) is 4.92. The van der Waals surface area contributed by atoms with Gasteiger partial charge >= 0.3 is 12.1 Å². The number of ether oxygens (including phenoxy) is 1. The van der Waals surface area contributed by atoms with Gasteiger partial charge in [0.05, 0.1) is 19.6 Å². The molecule has 1 aliphatic heterocycles. The van der Waals surface area contributed by atoms with E-state index >= 15 is 0 Å². The van der Waals surface area contributed by atoms with E-state index in [1.165, 1.54) is 0 Å². The molecule has 0 spiro atoms. The summed E-state index contributed by atoms with van der Waals surface area (Å²) in [6.45, 7) is 3.25. The van der Waals surface area contributed by atoms with E-state index in [9.17, 15) is 18.0 Å². The molecule has 0 aromatic carbocycles. The maximum atomic E-state index is 12.1. The predicted molar refractivity (Wildman–Crippen MR) is 62.9 cm³/mol. The number of halogens is 3. The number of rotatable bonds is 6. The summed E-state index contributed by atoms with van der Waals surface area (Å²) in [7, 11) is 0. The molecule has 1 fully saturated rings. The van der Waals surface area contributed by atoms with Crippen LogP contribution < -0.4 is 0 Å². The first-order chi connectivity index (χ1) is 8.79. The average Bonchev–Trinajstić information content (AvgIpc) is 2.27. The molecule has 0 saturated carbocycles. The summed E-state index contributed by atoms with van der Waals surface area (Å²) >= 11 is 0. The second-order valence-electron chi connectivity index (χ2n) is 4.92. The summed E-state index contributed by atoms with van der Waals surface area (Å²) in [5.74, 6) is -0.914. The van der Waals surface area contributed by atoms with Crippen molar-refractivity contribution in [2.75, 3.05) is 19.8 Å². The summed E-state index contributed by atoms with van der Waals surface area (Å²) in [5, 5.41) is 8.82. The second kappa shape index (κ2) is 7.09. The van der Waals surface area contributed by atoms with Crippen LogP contribution in [0, 0.1) is 0 Å². The molecule has 0 bridgehead atoms. The Morgan fingerprint density at radius 3 is 2.79 bits per heavy atom. The quantitative estimate of drug-likeness (QED) is 0.812. The maximum Gasteiger partial charge on any atom is 0.389 e. The Balaban J connectivity index is 2.43. The third-order valence-corrected chi connectivity index (χ3v) is 3.33. The van der Waals surface area contributed by atoms with Crippen molar-refractivity contribution in [3.63, 3.8) is 0 Å². The highest BCUT2D eigenvalue weighted by Gasteiger charge is 2.30. The van der Waals surface area contributed by atoms with E-state index in [0.29, 0.717) is 26.2 Å². The van der Waals surface area contributed by atoms with E-state index in [2.05, 4.69) is 0 Å². The zero-order chi connectivity index (χ0) is 14.5. The molecule has 1 rings (SSSR count). The van der Waals surface area contributed by atoms with Gasteiger partial charge in [0.25, 0.3) is 0 Å². The van der Waals surface area contributed by atoms with Crippen molar-refractivity contribution in [1.29, 1.82) is 0 Å². The fourth-order valence-electron chi connectivity index (χ4n) is 2.39. The molecule has 4 nitrogen and oxygen atoms in total. The molecule has 19 heavy (non-hydrogen) atoms. The number of morpholine rings is 1. The summed E-state index contributed by atoms with van der Waals surface area (Å²) in [6.07, 6.45) is -4.46. The minimum absolute atomic E-state index is 0.0381. The van der Waals surface area contributed by atoms with Crippen molar-refractivity contribution in [2.45, 2.75) is 50.9 Å². The lowest BCUT2D eigenvalue weighted by molar-refractivity contribution is -0.141. The van der Waals surface area contributed by atoms with Gasteiger partial charge < -0.3 is 9.84 Å². The van der Waals surface area contributed by atoms with Gasteiger partial charge in [0.15, 0.2) is 0 Å². The Hall–Kier alpha value is -0.820. The van der Waals surface area contributed by atoms with Crippen molar-refractivity contribution in [2.24, 2.45) is 0 Å². The molecule has 0 aromatic rings. The molecule has 0 amide bonds. The molecule has 0 aromatic heterocycles. The smallest absolute Gasteiger partial charge is 0.389 e. The molecule has 2 unspecified atom stereocenters. The van der Waals surface area contributed by atoms with E-state index in [1.54, 1.807) is 0 Å². The molecule has 1 N–H and O–H groups in total. The third-order valence-electron chi connectivity index (χ3n) is 3.33. The van der Waals surface area contributed by atoms with Crippen LogP contribution in [0.5, 0.6) is 0 Å². The Labute approximate surface area is 110 Å².